The SMILES string of the molecule is CCCn1c(C)c(C)c2ccnc(NCc3ccccc3Cl)c21. The topological polar surface area (TPSA) is 29.9 Å². The average molecular weight is 328 g/mol. The Hall–Kier alpha value is -2.00. The number of aryl methyl sites for hydroxylation is 2. The third-order valence-electron chi connectivity index (χ3n) is 4.40. The molecular formula is C19H22ClN3. The predicted molar refractivity (Wildman–Crippen MR) is 98.3 cm³/mol. The number of aromatic nitrogens is 2. The molecule has 0 saturated heterocycles. The Morgan fingerprint density at radius 1 is 1.17 bits per heavy atom. The van der Waals surface area contributed by atoms with Crippen LogP contribution in [0.1, 0.15) is 30.2 Å². The van der Waals surface area contributed by atoms with E-state index in [4.69, 9.17) is 11.6 Å². The lowest BCUT2D eigenvalue weighted by Crippen LogP contribution is -2.06. The van der Waals surface area contributed by atoms with Crippen molar-refractivity contribution in [3.05, 3.63) is 58.4 Å². The standard InChI is InChI=1S/C19H22ClN3/c1-4-11-23-14(3)13(2)16-9-10-21-19(18(16)23)22-12-15-7-5-6-8-17(15)20/h5-10H,4,11-12H2,1-3H3,(H,21,22). The van der Waals surface area contributed by atoms with Crippen molar-refractivity contribution >= 4 is 28.3 Å². The van der Waals surface area contributed by atoms with Crippen LogP contribution in [0.2, 0.25) is 5.02 Å². The van der Waals surface area contributed by atoms with Crippen molar-refractivity contribution in [3.8, 4) is 0 Å². The second-order valence-corrected chi connectivity index (χ2v) is 6.27. The molecule has 0 spiro atoms. The predicted octanol–water partition coefficient (Wildman–Crippen LogP) is 5.33. The molecule has 0 saturated carbocycles. The third-order valence-corrected chi connectivity index (χ3v) is 4.77. The van der Waals surface area contributed by atoms with Gasteiger partial charge in [0.05, 0.1) is 5.52 Å². The molecule has 0 bridgehead atoms. The molecule has 2 aromatic heterocycles. The summed E-state index contributed by atoms with van der Waals surface area (Å²) in [5.74, 6) is 0.923. The zero-order valence-electron chi connectivity index (χ0n) is 13.9. The highest BCUT2D eigenvalue weighted by Gasteiger charge is 2.14. The van der Waals surface area contributed by atoms with E-state index in [1.807, 2.05) is 30.5 Å². The molecule has 0 unspecified atom stereocenters. The lowest BCUT2D eigenvalue weighted by Gasteiger charge is -2.12. The van der Waals surface area contributed by atoms with Gasteiger partial charge >= 0.3 is 0 Å². The van der Waals surface area contributed by atoms with Crippen molar-refractivity contribution in [1.82, 2.24) is 9.55 Å². The lowest BCUT2D eigenvalue weighted by atomic mass is 10.2. The van der Waals surface area contributed by atoms with E-state index in [2.05, 4.69) is 41.7 Å². The second-order valence-electron chi connectivity index (χ2n) is 5.86. The highest BCUT2D eigenvalue weighted by atomic mass is 35.5. The van der Waals surface area contributed by atoms with E-state index >= 15 is 0 Å². The van der Waals surface area contributed by atoms with Crippen molar-refractivity contribution in [2.75, 3.05) is 5.32 Å². The molecule has 0 radical (unpaired) electrons. The maximum atomic E-state index is 6.25. The molecule has 1 N–H and O–H groups in total. The molecular weight excluding hydrogens is 306 g/mol. The molecule has 4 heteroatoms. The van der Waals surface area contributed by atoms with Gasteiger partial charge in [-0.15, -0.1) is 0 Å². The molecule has 0 fully saturated rings. The van der Waals surface area contributed by atoms with Gasteiger partial charge in [0.25, 0.3) is 0 Å². The fourth-order valence-corrected chi connectivity index (χ4v) is 3.25. The van der Waals surface area contributed by atoms with E-state index < -0.39 is 0 Å². The quantitative estimate of drug-likeness (QED) is 0.686. The molecule has 2 heterocycles. The zero-order chi connectivity index (χ0) is 16.4. The molecule has 0 atom stereocenters. The third kappa shape index (κ3) is 2.93. The number of nitrogens with one attached hydrogen (secondary N) is 1. The molecule has 0 aliphatic heterocycles. The summed E-state index contributed by atoms with van der Waals surface area (Å²) in [7, 11) is 0. The van der Waals surface area contributed by atoms with Crippen LogP contribution in [0.5, 0.6) is 0 Å². The minimum atomic E-state index is 0.668. The molecule has 1 aromatic carbocycles. The zero-order valence-corrected chi connectivity index (χ0v) is 14.6. The van der Waals surface area contributed by atoms with Crippen LogP contribution in [0.4, 0.5) is 5.82 Å². The van der Waals surface area contributed by atoms with Crippen molar-refractivity contribution in [1.29, 1.82) is 0 Å². The number of nitrogens with zero attached hydrogens (tertiary/aromatic N) is 2. The van der Waals surface area contributed by atoms with Crippen LogP contribution in [0.3, 0.4) is 0 Å². The van der Waals surface area contributed by atoms with Gasteiger partial charge in [-0.25, -0.2) is 4.98 Å². The maximum Gasteiger partial charge on any atom is 0.150 e. The van der Waals surface area contributed by atoms with E-state index in [1.165, 1.54) is 22.2 Å². The summed E-state index contributed by atoms with van der Waals surface area (Å²) in [5, 5.41) is 5.52. The Morgan fingerprint density at radius 2 is 1.96 bits per heavy atom. The summed E-state index contributed by atoms with van der Waals surface area (Å²) in [6.07, 6.45) is 2.98. The Balaban J connectivity index is 2.01. The van der Waals surface area contributed by atoms with Gasteiger partial charge in [-0.05, 0) is 43.5 Å². The van der Waals surface area contributed by atoms with Crippen LogP contribution in [-0.4, -0.2) is 9.55 Å². The molecule has 0 aliphatic carbocycles. The number of anilines is 1. The fourth-order valence-electron chi connectivity index (χ4n) is 3.05. The van der Waals surface area contributed by atoms with Crippen LogP contribution in [-0.2, 0) is 13.1 Å². The Morgan fingerprint density at radius 3 is 2.70 bits per heavy atom. The largest absolute Gasteiger partial charge is 0.364 e. The number of hydrogen-bond acceptors (Lipinski definition) is 2. The second kappa shape index (κ2) is 6.63. The summed E-state index contributed by atoms with van der Waals surface area (Å²) in [6.45, 7) is 8.24. The molecule has 0 aliphatic rings. The first-order valence-electron chi connectivity index (χ1n) is 8.05. The van der Waals surface area contributed by atoms with Crippen LogP contribution >= 0.6 is 11.6 Å². The Kier molecular flexibility index (Phi) is 4.58. The van der Waals surface area contributed by atoms with E-state index in [0.29, 0.717) is 6.54 Å². The number of rotatable bonds is 5. The van der Waals surface area contributed by atoms with Crippen LogP contribution in [0.25, 0.3) is 10.9 Å². The molecule has 3 rings (SSSR count). The van der Waals surface area contributed by atoms with Gasteiger partial charge in [-0.3, -0.25) is 0 Å². The smallest absolute Gasteiger partial charge is 0.150 e. The Bertz CT molecular complexity index is 836. The summed E-state index contributed by atoms with van der Waals surface area (Å²) in [5.41, 5.74) is 4.92. The fraction of sp³-hybridized carbons (Fsp3) is 0.316. The number of halogens is 1. The van der Waals surface area contributed by atoms with Crippen LogP contribution in [0, 0.1) is 13.8 Å². The first kappa shape index (κ1) is 15.9. The van der Waals surface area contributed by atoms with E-state index in [9.17, 15) is 0 Å². The molecule has 120 valence electrons. The first-order valence-corrected chi connectivity index (χ1v) is 8.43. The van der Waals surface area contributed by atoms with E-state index in [-0.39, 0.29) is 0 Å². The average Bonchev–Trinajstić information content (AvgIpc) is 2.80. The van der Waals surface area contributed by atoms with Gasteiger partial charge < -0.3 is 9.88 Å². The summed E-state index contributed by atoms with van der Waals surface area (Å²) in [6, 6.07) is 10.0. The highest BCUT2D eigenvalue weighted by Crippen LogP contribution is 2.30. The highest BCUT2D eigenvalue weighted by molar-refractivity contribution is 6.31. The number of benzene rings is 1. The minimum absolute atomic E-state index is 0.668. The Labute approximate surface area is 142 Å². The summed E-state index contributed by atoms with van der Waals surface area (Å²) >= 11 is 6.25. The van der Waals surface area contributed by atoms with Gasteiger partial charge in [0.2, 0.25) is 0 Å². The summed E-state index contributed by atoms with van der Waals surface area (Å²) in [4.78, 5) is 4.57. The number of hydrogen-bond donors (Lipinski definition) is 1. The van der Waals surface area contributed by atoms with Gasteiger partial charge in [-0.1, -0.05) is 36.7 Å². The van der Waals surface area contributed by atoms with E-state index in [1.54, 1.807) is 0 Å². The van der Waals surface area contributed by atoms with Crippen molar-refractivity contribution in [2.45, 2.75) is 40.3 Å². The van der Waals surface area contributed by atoms with Gasteiger partial charge in [-0.2, -0.15) is 0 Å². The van der Waals surface area contributed by atoms with Crippen molar-refractivity contribution in [2.24, 2.45) is 0 Å². The first-order chi connectivity index (χ1) is 11.1. The van der Waals surface area contributed by atoms with Gasteiger partial charge in [0, 0.05) is 35.4 Å². The van der Waals surface area contributed by atoms with Crippen molar-refractivity contribution < 1.29 is 0 Å². The lowest BCUT2D eigenvalue weighted by molar-refractivity contribution is 0.683. The molecule has 23 heavy (non-hydrogen) atoms. The molecule has 0 amide bonds. The maximum absolute atomic E-state index is 6.25. The normalized spacial score (nSPS) is 11.1. The number of pyridine rings is 1. The van der Waals surface area contributed by atoms with Crippen LogP contribution in [0.15, 0.2) is 36.5 Å². The molecule has 3 nitrogen and oxygen atoms in total. The number of fused-ring (bicyclic) bond motifs is 1. The summed E-state index contributed by atoms with van der Waals surface area (Å²) < 4.78 is 2.37. The van der Waals surface area contributed by atoms with Crippen molar-refractivity contribution in [3.63, 3.8) is 0 Å². The van der Waals surface area contributed by atoms with Gasteiger partial charge in [0.15, 0.2) is 5.82 Å². The monoisotopic (exact) mass is 327 g/mol. The van der Waals surface area contributed by atoms with Crippen LogP contribution < -0.4 is 5.32 Å². The molecule has 3 aromatic rings. The minimum Gasteiger partial charge on any atom is -0.364 e. The van der Waals surface area contributed by atoms with Gasteiger partial charge in [0.1, 0.15) is 0 Å². The van der Waals surface area contributed by atoms with E-state index in [0.717, 1.165) is 29.4 Å².